The van der Waals surface area contributed by atoms with Gasteiger partial charge < -0.3 is 10.1 Å². The molecule has 1 N–H and O–H groups in total. The average molecular weight is 175 g/mol. The van der Waals surface area contributed by atoms with Gasteiger partial charge in [-0.15, -0.1) is 0 Å². The van der Waals surface area contributed by atoms with Gasteiger partial charge in [0, 0.05) is 32.7 Å². The standard InChI is InChI=1S/C4H8NO.Y/c1-3-6-4-2-5-1;/h1,5H,2-4H2;/q-1;. The van der Waals surface area contributed by atoms with Crippen molar-refractivity contribution in [3.05, 3.63) is 6.54 Å². The van der Waals surface area contributed by atoms with Gasteiger partial charge in [-0.05, 0) is 6.54 Å². The normalized spacial score (nSPS) is 20.6. The quantitative estimate of drug-likeness (QED) is 0.513. The van der Waals surface area contributed by atoms with Gasteiger partial charge in [-0.3, -0.25) is 0 Å². The molecule has 0 aromatic rings. The van der Waals surface area contributed by atoms with E-state index in [1.54, 1.807) is 0 Å². The fourth-order valence-corrected chi connectivity index (χ4v) is 0.434. The van der Waals surface area contributed by atoms with Crippen molar-refractivity contribution in [1.29, 1.82) is 0 Å². The summed E-state index contributed by atoms with van der Waals surface area (Å²) in [6.07, 6.45) is 0. The summed E-state index contributed by atoms with van der Waals surface area (Å²) in [7, 11) is 0. The van der Waals surface area contributed by atoms with E-state index in [0.717, 1.165) is 19.8 Å². The number of hydrogen-bond acceptors (Lipinski definition) is 2. The van der Waals surface area contributed by atoms with Gasteiger partial charge in [0.15, 0.2) is 0 Å². The second-order valence-electron chi connectivity index (χ2n) is 1.23. The zero-order chi connectivity index (χ0) is 4.24. The minimum absolute atomic E-state index is 0. The van der Waals surface area contributed by atoms with Gasteiger partial charge in [0.2, 0.25) is 0 Å². The van der Waals surface area contributed by atoms with Crippen molar-refractivity contribution in [3.63, 3.8) is 0 Å². The first-order chi connectivity index (χ1) is 3.00. The Bertz CT molecular complexity index is 27.2. The van der Waals surface area contributed by atoms with E-state index in [9.17, 15) is 0 Å². The van der Waals surface area contributed by atoms with E-state index in [1.165, 1.54) is 0 Å². The molecule has 1 aliphatic heterocycles. The van der Waals surface area contributed by atoms with Crippen LogP contribution in [0.2, 0.25) is 0 Å². The summed E-state index contributed by atoms with van der Waals surface area (Å²) in [5, 5.41) is 3.03. The maximum Gasteiger partial charge on any atom is 0.0532 e. The third-order valence-electron chi connectivity index (χ3n) is 0.736. The number of nitrogens with one attached hydrogen (secondary N) is 1. The molecule has 0 aliphatic carbocycles. The predicted molar refractivity (Wildman–Crippen MR) is 23.1 cm³/mol. The van der Waals surface area contributed by atoms with E-state index >= 15 is 0 Å². The van der Waals surface area contributed by atoms with Crippen molar-refractivity contribution in [2.75, 3.05) is 19.8 Å². The van der Waals surface area contributed by atoms with Crippen LogP contribution in [0.4, 0.5) is 0 Å². The van der Waals surface area contributed by atoms with Crippen LogP contribution in [0.5, 0.6) is 0 Å². The number of hydrogen-bond donors (Lipinski definition) is 1. The van der Waals surface area contributed by atoms with E-state index < -0.39 is 0 Å². The Kier molecular flexibility index (Phi) is 5.92. The minimum Gasteiger partial charge on any atom is -0.466 e. The third kappa shape index (κ3) is 3.59. The predicted octanol–water partition coefficient (Wildman–Crippen LogP) is -0.235. The average Bonchev–Trinajstić information content (AvgIpc) is 1.72. The molecule has 1 aliphatic rings. The molecular weight excluding hydrogens is 167 g/mol. The van der Waals surface area contributed by atoms with Crippen LogP contribution in [0.25, 0.3) is 0 Å². The minimum atomic E-state index is 0. The zero-order valence-electron chi connectivity index (χ0n) is 4.18. The molecule has 39 valence electrons. The maximum atomic E-state index is 4.95. The largest absolute Gasteiger partial charge is 0.466 e. The Hall–Kier alpha value is 1.02. The van der Waals surface area contributed by atoms with E-state index in [4.69, 9.17) is 4.74 Å². The molecule has 0 atom stereocenters. The fraction of sp³-hybridized carbons (Fsp3) is 0.750. The molecule has 0 saturated carbocycles. The summed E-state index contributed by atoms with van der Waals surface area (Å²) < 4.78 is 4.95. The summed E-state index contributed by atoms with van der Waals surface area (Å²) in [6.45, 7) is 4.51. The van der Waals surface area contributed by atoms with Gasteiger partial charge in [0.1, 0.15) is 0 Å². The SMILES string of the molecule is [CH-]1COCCN1.[Y]. The van der Waals surface area contributed by atoms with E-state index in [-0.39, 0.29) is 32.7 Å². The molecule has 0 spiro atoms. The fourth-order valence-electron chi connectivity index (χ4n) is 0.434. The van der Waals surface area contributed by atoms with Crippen molar-refractivity contribution in [2.24, 2.45) is 0 Å². The summed E-state index contributed by atoms with van der Waals surface area (Å²) in [5.41, 5.74) is 0. The van der Waals surface area contributed by atoms with Crippen molar-refractivity contribution in [2.45, 2.75) is 0 Å². The molecule has 0 aromatic heterocycles. The summed E-state index contributed by atoms with van der Waals surface area (Å²) in [6, 6.07) is 0. The first-order valence-electron chi connectivity index (χ1n) is 2.13. The van der Waals surface area contributed by atoms with Crippen molar-refractivity contribution in [3.8, 4) is 0 Å². The van der Waals surface area contributed by atoms with Gasteiger partial charge in [-0.1, -0.05) is 6.61 Å². The van der Waals surface area contributed by atoms with Gasteiger partial charge in [0.25, 0.3) is 0 Å². The van der Waals surface area contributed by atoms with E-state index in [1.807, 2.05) is 6.54 Å². The number of ether oxygens (including phenoxy) is 1. The zero-order valence-corrected chi connectivity index (χ0v) is 7.02. The van der Waals surface area contributed by atoms with Crippen molar-refractivity contribution in [1.82, 2.24) is 5.32 Å². The van der Waals surface area contributed by atoms with Crippen LogP contribution in [0, 0.1) is 6.54 Å². The molecule has 1 rings (SSSR count). The Morgan fingerprint density at radius 3 is 2.57 bits per heavy atom. The molecule has 1 saturated heterocycles. The molecule has 1 heterocycles. The van der Waals surface area contributed by atoms with Crippen LogP contribution < -0.4 is 5.32 Å². The van der Waals surface area contributed by atoms with Crippen LogP contribution in [-0.2, 0) is 37.4 Å². The Balaban J connectivity index is 0.000000360. The molecule has 1 radical (unpaired) electrons. The van der Waals surface area contributed by atoms with Crippen LogP contribution in [-0.4, -0.2) is 19.8 Å². The summed E-state index contributed by atoms with van der Waals surface area (Å²) in [5.74, 6) is 0. The molecule has 3 heteroatoms. The van der Waals surface area contributed by atoms with E-state index in [0.29, 0.717) is 0 Å². The molecule has 0 bridgehead atoms. The molecule has 1 fully saturated rings. The summed E-state index contributed by atoms with van der Waals surface area (Å²) >= 11 is 0. The van der Waals surface area contributed by atoms with Crippen molar-refractivity contribution < 1.29 is 37.4 Å². The number of rotatable bonds is 0. The topological polar surface area (TPSA) is 21.3 Å². The molecule has 0 aromatic carbocycles. The molecule has 0 unspecified atom stereocenters. The Morgan fingerprint density at radius 2 is 2.43 bits per heavy atom. The van der Waals surface area contributed by atoms with Crippen LogP contribution >= 0.6 is 0 Å². The Labute approximate surface area is 68.9 Å². The first kappa shape index (κ1) is 8.02. The molecule has 0 amide bonds. The molecule has 7 heavy (non-hydrogen) atoms. The molecule has 2 nitrogen and oxygen atoms in total. The van der Waals surface area contributed by atoms with Crippen molar-refractivity contribution >= 4 is 0 Å². The first-order valence-corrected chi connectivity index (χ1v) is 2.13. The van der Waals surface area contributed by atoms with E-state index in [2.05, 4.69) is 5.32 Å². The van der Waals surface area contributed by atoms with Crippen LogP contribution in [0.1, 0.15) is 0 Å². The third-order valence-corrected chi connectivity index (χ3v) is 0.736. The smallest absolute Gasteiger partial charge is 0.0532 e. The van der Waals surface area contributed by atoms with Gasteiger partial charge in [-0.25, -0.2) is 6.54 Å². The Morgan fingerprint density at radius 1 is 1.57 bits per heavy atom. The summed E-state index contributed by atoms with van der Waals surface area (Å²) in [4.78, 5) is 0. The van der Waals surface area contributed by atoms with Crippen LogP contribution in [0.3, 0.4) is 0 Å². The maximum absolute atomic E-state index is 4.95. The van der Waals surface area contributed by atoms with Gasteiger partial charge >= 0.3 is 0 Å². The van der Waals surface area contributed by atoms with Gasteiger partial charge in [-0.2, -0.15) is 0 Å². The second kappa shape index (κ2) is 5.17. The second-order valence-corrected chi connectivity index (χ2v) is 1.23. The monoisotopic (exact) mass is 175 g/mol. The number of morpholine rings is 1. The molecular formula is C4H8NOY-. The van der Waals surface area contributed by atoms with Gasteiger partial charge in [0.05, 0.1) is 6.61 Å². The van der Waals surface area contributed by atoms with Crippen LogP contribution in [0.15, 0.2) is 0 Å².